The second-order valence-corrected chi connectivity index (χ2v) is 5.90. The zero-order valence-electron chi connectivity index (χ0n) is 10.0. The minimum atomic E-state index is 0.188. The molecule has 1 aromatic rings. The van der Waals surface area contributed by atoms with E-state index in [0.29, 0.717) is 23.2 Å². The molecule has 1 atom stereocenters. The third-order valence-corrected chi connectivity index (χ3v) is 4.05. The minimum Gasteiger partial charge on any atom is -0.489 e. The van der Waals surface area contributed by atoms with E-state index in [4.69, 9.17) is 46.5 Å². The first kappa shape index (κ1) is 12.9. The van der Waals surface area contributed by atoms with Crippen LogP contribution in [-0.2, 0) is 0 Å². The van der Waals surface area contributed by atoms with Crippen LogP contribution in [0.25, 0.3) is 0 Å². The summed E-state index contributed by atoms with van der Waals surface area (Å²) in [5, 5.41) is 1.39. The highest BCUT2D eigenvalue weighted by molar-refractivity contribution is 7.80. The standard InChI is InChI=1S/C12H12ClN3OS2/c13-7-1-2-10-9(3-7)16-8(6-17-10)4-15(12(16)19)5-11(14)18/h1-3,8H,4-6H2,(H2,14,18). The second kappa shape index (κ2) is 4.77. The molecule has 2 aliphatic heterocycles. The molecule has 2 N–H and O–H groups in total. The number of anilines is 1. The first-order valence-electron chi connectivity index (χ1n) is 5.85. The molecule has 1 aromatic carbocycles. The van der Waals surface area contributed by atoms with Crippen LogP contribution >= 0.6 is 36.0 Å². The fourth-order valence-electron chi connectivity index (χ4n) is 2.46. The van der Waals surface area contributed by atoms with Crippen LogP contribution in [0.3, 0.4) is 0 Å². The van der Waals surface area contributed by atoms with Crippen molar-refractivity contribution in [3.63, 3.8) is 0 Å². The molecule has 1 unspecified atom stereocenters. The fraction of sp³-hybridized carbons (Fsp3) is 0.333. The van der Waals surface area contributed by atoms with Crippen molar-refractivity contribution >= 4 is 51.8 Å². The van der Waals surface area contributed by atoms with Crippen LogP contribution in [0.1, 0.15) is 0 Å². The van der Waals surface area contributed by atoms with E-state index in [1.165, 1.54) is 0 Å². The lowest BCUT2D eigenvalue weighted by atomic mass is 10.2. The number of ether oxygens (including phenoxy) is 1. The summed E-state index contributed by atoms with van der Waals surface area (Å²) in [5.41, 5.74) is 6.52. The van der Waals surface area contributed by atoms with Crippen molar-refractivity contribution in [1.82, 2.24) is 4.90 Å². The fourth-order valence-corrected chi connectivity index (χ4v) is 3.17. The van der Waals surface area contributed by atoms with Gasteiger partial charge in [-0.2, -0.15) is 0 Å². The summed E-state index contributed by atoms with van der Waals surface area (Å²) in [4.78, 5) is 4.52. The Morgan fingerprint density at radius 3 is 3.05 bits per heavy atom. The quantitative estimate of drug-likeness (QED) is 0.840. The number of hydrogen-bond acceptors (Lipinski definition) is 3. The predicted octanol–water partition coefficient (Wildman–Crippen LogP) is 1.79. The van der Waals surface area contributed by atoms with Gasteiger partial charge < -0.3 is 20.3 Å². The molecule has 19 heavy (non-hydrogen) atoms. The van der Waals surface area contributed by atoms with Gasteiger partial charge in [-0.05, 0) is 30.4 Å². The third kappa shape index (κ3) is 2.24. The van der Waals surface area contributed by atoms with E-state index in [1.54, 1.807) is 0 Å². The van der Waals surface area contributed by atoms with Crippen molar-refractivity contribution in [3.8, 4) is 5.75 Å². The molecule has 2 aliphatic rings. The summed E-state index contributed by atoms with van der Waals surface area (Å²) in [5.74, 6) is 0.806. The molecule has 0 spiro atoms. The molecule has 0 bridgehead atoms. The number of fused-ring (bicyclic) bond motifs is 3. The minimum absolute atomic E-state index is 0.188. The Labute approximate surface area is 127 Å². The molecular weight excluding hydrogens is 302 g/mol. The molecule has 3 rings (SSSR count). The van der Waals surface area contributed by atoms with Gasteiger partial charge in [0, 0.05) is 11.6 Å². The number of nitrogens with two attached hydrogens (primary N) is 1. The first-order valence-corrected chi connectivity index (χ1v) is 7.04. The van der Waals surface area contributed by atoms with Gasteiger partial charge in [0.25, 0.3) is 0 Å². The van der Waals surface area contributed by atoms with Crippen LogP contribution in [0.4, 0.5) is 5.69 Å². The first-order chi connectivity index (χ1) is 9.06. The van der Waals surface area contributed by atoms with E-state index >= 15 is 0 Å². The number of thiocarbonyl (C=S) groups is 2. The van der Waals surface area contributed by atoms with Gasteiger partial charge in [-0.15, -0.1) is 0 Å². The molecule has 0 amide bonds. The zero-order valence-corrected chi connectivity index (χ0v) is 12.4. The van der Waals surface area contributed by atoms with E-state index < -0.39 is 0 Å². The van der Waals surface area contributed by atoms with Crippen LogP contribution in [0.2, 0.25) is 5.02 Å². The van der Waals surface area contributed by atoms with E-state index in [0.717, 1.165) is 23.1 Å². The van der Waals surface area contributed by atoms with E-state index in [9.17, 15) is 0 Å². The van der Waals surface area contributed by atoms with Crippen molar-refractivity contribution in [3.05, 3.63) is 23.2 Å². The summed E-state index contributed by atoms with van der Waals surface area (Å²) in [6.45, 7) is 1.86. The molecular formula is C12H12ClN3OS2. The van der Waals surface area contributed by atoms with Gasteiger partial charge in [0.15, 0.2) is 5.11 Å². The maximum atomic E-state index is 6.06. The van der Waals surface area contributed by atoms with Crippen molar-refractivity contribution in [2.45, 2.75) is 6.04 Å². The zero-order chi connectivity index (χ0) is 13.6. The molecule has 0 radical (unpaired) electrons. The molecule has 1 fully saturated rings. The Balaban J connectivity index is 1.95. The largest absolute Gasteiger partial charge is 0.489 e. The number of benzene rings is 1. The molecule has 0 saturated carbocycles. The monoisotopic (exact) mass is 313 g/mol. The maximum absolute atomic E-state index is 6.06. The lowest BCUT2D eigenvalue weighted by molar-refractivity contribution is 0.270. The SMILES string of the molecule is NC(=S)CN1CC2COc3ccc(Cl)cc3N2C1=S. The second-order valence-electron chi connectivity index (χ2n) is 4.58. The maximum Gasteiger partial charge on any atom is 0.177 e. The molecule has 1 saturated heterocycles. The van der Waals surface area contributed by atoms with Crippen molar-refractivity contribution in [2.75, 3.05) is 24.6 Å². The van der Waals surface area contributed by atoms with E-state index in [2.05, 4.69) is 4.90 Å². The number of halogens is 1. The van der Waals surface area contributed by atoms with Gasteiger partial charge in [-0.3, -0.25) is 0 Å². The lowest BCUT2D eigenvalue weighted by Gasteiger charge is -2.32. The highest BCUT2D eigenvalue weighted by atomic mass is 35.5. The number of rotatable bonds is 2. The van der Waals surface area contributed by atoms with Crippen LogP contribution in [0.5, 0.6) is 5.75 Å². The molecule has 100 valence electrons. The third-order valence-electron chi connectivity index (χ3n) is 3.23. The summed E-state index contributed by atoms with van der Waals surface area (Å²) < 4.78 is 5.74. The van der Waals surface area contributed by atoms with Gasteiger partial charge in [0.05, 0.1) is 23.3 Å². The Hall–Kier alpha value is -1.11. The Kier molecular flexibility index (Phi) is 3.24. The Bertz CT molecular complexity index is 566. The molecule has 7 heteroatoms. The van der Waals surface area contributed by atoms with Crippen molar-refractivity contribution in [2.24, 2.45) is 5.73 Å². The smallest absolute Gasteiger partial charge is 0.177 e. The van der Waals surface area contributed by atoms with Gasteiger partial charge in [-0.25, -0.2) is 0 Å². The highest BCUT2D eigenvalue weighted by Crippen LogP contribution is 2.39. The van der Waals surface area contributed by atoms with E-state index in [-0.39, 0.29) is 6.04 Å². The Morgan fingerprint density at radius 1 is 1.53 bits per heavy atom. The summed E-state index contributed by atoms with van der Waals surface area (Å²) in [6, 6.07) is 5.74. The molecule has 2 heterocycles. The van der Waals surface area contributed by atoms with Gasteiger partial charge in [-0.1, -0.05) is 23.8 Å². The van der Waals surface area contributed by atoms with Crippen LogP contribution in [-0.4, -0.2) is 40.7 Å². The summed E-state index contributed by atoms with van der Waals surface area (Å²) in [7, 11) is 0. The van der Waals surface area contributed by atoms with E-state index in [1.807, 2.05) is 23.1 Å². The summed E-state index contributed by atoms with van der Waals surface area (Å²) in [6.07, 6.45) is 0. The van der Waals surface area contributed by atoms with Crippen LogP contribution < -0.4 is 15.4 Å². The van der Waals surface area contributed by atoms with Crippen LogP contribution in [0.15, 0.2) is 18.2 Å². The normalized spacial score (nSPS) is 20.9. The molecule has 0 aromatic heterocycles. The molecule has 4 nitrogen and oxygen atoms in total. The Morgan fingerprint density at radius 2 is 2.32 bits per heavy atom. The molecule has 0 aliphatic carbocycles. The lowest BCUT2D eigenvalue weighted by Crippen LogP contribution is -2.41. The highest BCUT2D eigenvalue weighted by Gasteiger charge is 2.39. The predicted molar refractivity (Wildman–Crippen MR) is 84.2 cm³/mol. The number of hydrogen-bond donors (Lipinski definition) is 1. The average molecular weight is 314 g/mol. The van der Waals surface area contributed by atoms with Gasteiger partial charge in [0.2, 0.25) is 0 Å². The van der Waals surface area contributed by atoms with Crippen LogP contribution in [0, 0.1) is 0 Å². The van der Waals surface area contributed by atoms with Crippen molar-refractivity contribution < 1.29 is 4.74 Å². The number of nitrogens with zero attached hydrogens (tertiary/aromatic N) is 2. The average Bonchev–Trinajstić information content (AvgIpc) is 2.66. The van der Waals surface area contributed by atoms with Crippen molar-refractivity contribution in [1.29, 1.82) is 0 Å². The summed E-state index contributed by atoms with van der Waals surface area (Å²) >= 11 is 16.5. The topological polar surface area (TPSA) is 41.7 Å². The van der Waals surface area contributed by atoms with Gasteiger partial charge >= 0.3 is 0 Å². The van der Waals surface area contributed by atoms with Gasteiger partial charge in [0.1, 0.15) is 12.4 Å².